The summed E-state index contributed by atoms with van der Waals surface area (Å²) in [5.74, 6) is 1.04. The van der Waals surface area contributed by atoms with Gasteiger partial charge in [0.15, 0.2) is 0 Å². The van der Waals surface area contributed by atoms with E-state index in [0.717, 1.165) is 23.3 Å². The Kier molecular flexibility index (Phi) is 6.91. The second-order valence-electron chi connectivity index (χ2n) is 7.85. The number of benzene rings is 2. The highest BCUT2D eigenvalue weighted by molar-refractivity contribution is 6.01. The number of rotatable bonds is 9. The van der Waals surface area contributed by atoms with E-state index in [9.17, 15) is 9.59 Å². The van der Waals surface area contributed by atoms with Gasteiger partial charge in [-0.1, -0.05) is 44.2 Å². The van der Waals surface area contributed by atoms with E-state index in [0.29, 0.717) is 37.6 Å². The number of ether oxygens (including phenoxy) is 1. The second-order valence-corrected chi connectivity index (χ2v) is 7.85. The summed E-state index contributed by atoms with van der Waals surface area (Å²) in [5.41, 5.74) is 2.84. The van der Waals surface area contributed by atoms with Crippen LogP contribution >= 0.6 is 0 Å². The minimum Gasteiger partial charge on any atom is -0.494 e. The van der Waals surface area contributed by atoms with Gasteiger partial charge in [-0.05, 0) is 55.0 Å². The lowest BCUT2D eigenvalue weighted by atomic mass is 10.0. The minimum absolute atomic E-state index is 0.0482. The van der Waals surface area contributed by atoms with E-state index in [1.165, 1.54) is 0 Å². The van der Waals surface area contributed by atoms with Crippen molar-refractivity contribution < 1.29 is 14.3 Å². The molecule has 0 bridgehead atoms. The van der Waals surface area contributed by atoms with Crippen LogP contribution in [0.1, 0.15) is 48.7 Å². The summed E-state index contributed by atoms with van der Waals surface area (Å²) < 4.78 is 5.46. The maximum atomic E-state index is 13.0. The Hall–Kier alpha value is -2.82. The van der Waals surface area contributed by atoms with Crippen molar-refractivity contribution in [1.29, 1.82) is 0 Å². The largest absolute Gasteiger partial charge is 0.494 e. The summed E-state index contributed by atoms with van der Waals surface area (Å²) in [6.07, 6.45) is 1.38. The first-order valence-electron chi connectivity index (χ1n) is 10.4. The fourth-order valence-electron chi connectivity index (χ4n) is 3.72. The van der Waals surface area contributed by atoms with Crippen molar-refractivity contribution in [2.24, 2.45) is 5.92 Å². The molecule has 0 spiro atoms. The molecule has 0 saturated carbocycles. The van der Waals surface area contributed by atoms with E-state index in [4.69, 9.17) is 4.74 Å². The maximum Gasteiger partial charge on any atom is 0.255 e. The summed E-state index contributed by atoms with van der Waals surface area (Å²) >= 11 is 0. The molecule has 1 atom stereocenters. The number of carbonyl (C=O) groups is 2. The van der Waals surface area contributed by atoms with Crippen molar-refractivity contribution >= 4 is 11.8 Å². The van der Waals surface area contributed by atoms with Crippen molar-refractivity contribution in [2.45, 2.75) is 46.2 Å². The van der Waals surface area contributed by atoms with Crippen LogP contribution in [0.3, 0.4) is 0 Å². The molecule has 0 radical (unpaired) electrons. The van der Waals surface area contributed by atoms with Gasteiger partial charge < -0.3 is 15.0 Å². The summed E-state index contributed by atoms with van der Waals surface area (Å²) in [7, 11) is 0. The fourth-order valence-corrected chi connectivity index (χ4v) is 3.72. The predicted molar refractivity (Wildman–Crippen MR) is 114 cm³/mol. The van der Waals surface area contributed by atoms with E-state index in [-0.39, 0.29) is 11.8 Å². The SMILES string of the molecule is CCOc1ccc(CCNC(=O)C(CC(C)C)N2Cc3ccccc3C2=O)cc1. The van der Waals surface area contributed by atoms with Gasteiger partial charge in [0.2, 0.25) is 5.91 Å². The molecule has 5 heteroatoms. The quantitative estimate of drug-likeness (QED) is 0.703. The average molecular weight is 395 g/mol. The van der Waals surface area contributed by atoms with Crippen LogP contribution in [0.4, 0.5) is 0 Å². The van der Waals surface area contributed by atoms with E-state index in [2.05, 4.69) is 19.2 Å². The molecule has 2 amide bonds. The highest BCUT2D eigenvalue weighted by Gasteiger charge is 2.36. The molecule has 1 aliphatic rings. The lowest BCUT2D eigenvalue weighted by Crippen LogP contribution is -2.48. The van der Waals surface area contributed by atoms with Crippen LogP contribution in [0.25, 0.3) is 0 Å². The zero-order valence-electron chi connectivity index (χ0n) is 17.5. The smallest absolute Gasteiger partial charge is 0.255 e. The van der Waals surface area contributed by atoms with Crippen molar-refractivity contribution in [3.05, 3.63) is 65.2 Å². The van der Waals surface area contributed by atoms with Crippen LogP contribution < -0.4 is 10.1 Å². The molecule has 5 nitrogen and oxygen atoms in total. The zero-order chi connectivity index (χ0) is 20.8. The third-order valence-corrected chi connectivity index (χ3v) is 5.17. The normalized spacial score (nSPS) is 14.1. The highest BCUT2D eigenvalue weighted by Crippen LogP contribution is 2.26. The van der Waals surface area contributed by atoms with Crippen molar-refractivity contribution in [3.63, 3.8) is 0 Å². The maximum absolute atomic E-state index is 13.0. The lowest BCUT2D eigenvalue weighted by molar-refractivity contribution is -0.126. The van der Waals surface area contributed by atoms with Gasteiger partial charge in [0, 0.05) is 18.7 Å². The van der Waals surface area contributed by atoms with Gasteiger partial charge in [-0.15, -0.1) is 0 Å². The zero-order valence-corrected chi connectivity index (χ0v) is 17.5. The molecule has 154 valence electrons. The Morgan fingerprint density at radius 2 is 1.86 bits per heavy atom. The Labute approximate surface area is 173 Å². The van der Waals surface area contributed by atoms with Gasteiger partial charge in [0.25, 0.3) is 5.91 Å². The topological polar surface area (TPSA) is 58.6 Å². The van der Waals surface area contributed by atoms with E-state index >= 15 is 0 Å². The second kappa shape index (κ2) is 9.59. The van der Waals surface area contributed by atoms with E-state index in [1.807, 2.05) is 55.5 Å². The fraction of sp³-hybridized carbons (Fsp3) is 0.417. The monoisotopic (exact) mass is 394 g/mol. The molecule has 2 aromatic rings. The van der Waals surface area contributed by atoms with E-state index in [1.54, 1.807) is 4.90 Å². The van der Waals surface area contributed by atoms with Gasteiger partial charge in [-0.25, -0.2) is 0 Å². The first kappa shape index (κ1) is 20.9. The Bertz CT molecular complexity index is 845. The van der Waals surface area contributed by atoms with E-state index < -0.39 is 6.04 Å². The number of amides is 2. The first-order chi connectivity index (χ1) is 14.0. The van der Waals surface area contributed by atoms with Crippen LogP contribution in [0, 0.1) is 5.92 Å². The first-order valence-corrected chi connectivity index (χ1v) is 10.4. The van der Waals surface area contributed by atoms with Gasteiger partial charge in [0.05, 0.1) is 6.61 Å². The summed E-state index contributed by atoms with van der Waals surface area (Å²) in [4.78, 5) is 27.5. The number of nitrogens with zero attached hydrogens (tertiary/aromatic N) is 1. The summed E-state index contributed by atoms with van der Waals surface area (Å²) in [6, 6.07) is 15.1. The molecule has 1 aliphatic heterocycles. The number of hydrogen-bond donors (Lipinski definition) is 1. The van der Waals surface area contributed by atoms with Crippen LogP contribution in [0.15, 0.2) is 48.5 Å². The third kappa shape index (κ3) is 5.17. The molecule has 0 aliphatic carbocycles. The Morgan fingerprint density at radius 3 is 2.52 bits per heavy atom. The molecular formula is C24H30N2O3. The highest BCUT2D eigenvalue weighted by atomic mass is 16.5. The Balaban J connectivity index is 1.60. The van der Waals surface area contributed by atoms with Crippen molar-refractivity contribution in [1.82, 2.24) is 10.2 Å². The van der Waals surface area contributed by atoms with Crippen molar-refractivity contribution in [2.75, 3.05) is 13.2 Å². The van der Waals surface area contributed by atoms with Crippen LogP contribution in [0.5, 0.6) is 5.75 Å². The predicted octanol–water partition coefficient (Wildman–Crippen LogP) is 3.81. The standard InChI is InChI=1S/C24H30N2O3/c1-4-29-20-11-9-18(10-12-20)13-14-25-23(27)22(15-17(2)3)26-16-19-7-5-6-8-21(19)24(26)28/h5-12,17,22H,4,13-16H2,1-3H3,(H,25,27). The third-order valence-electron chi connectivity index (χ3n) is 5.17. The van der Waals surface area contributed by atoms with Gasteiger partial charge >= 0.3 is 0 Å². The lowest BCUT2D eigenvalue weighted by Gasteiger charge is -2.28. The Morgan fingerprint density at radius 1 is 1.14 bits per heavy atom. The molecule has 1 unspecified atom stereocenters. The summed E-state index contributed by atoms with van der Waals surface area (Å²) in [6.45, 7) is 7.79. The van der Waals surface area contributed by atoms with Gasteiger partial charge in [-0.2, -0.15) is 0 Å². The van der Waals surface area contributed by atoms with Gasteiger partial charge in [-0.3, -0.25) is 9.59 Å². The molecule has 3 rings (SSSR count). The van der Waals surface area contributed by atoms with Crippen LogP contribution in [-0.4, -0.2) is 35.9 Å². The number of carbonyl (C=O) groups excluding carboxylic acids is 2. The molecule has 0 fully saturated rings. The molecule has 0 saturated heterocycles. The summed E-state index contributed by atoms with van der Waals surface area (Å²) in [5, 5.41) is 3.04. The van der Waals surface area contributed by atoms with Gasteiger partial charge in [0.1, 0.15) is 11.8 Å². The molecule has 29 heavy (non-hydrogen) atoms. The number of hydrogen-bond acceptors (Lipinski definition) is 3. The molecule has 2 aromatic carbocycles. The number of fused-ring (bicyclic) bond motifs is 1. The minimum atomic E-state index is -0.449. The molecular weight excluding hydrogens is 364 g/mol. The molecule has 1 heterocycles. The van der Waals surface area contributed by atoms with Crippen LogP contribution in [0.2, 0.25) is 0 Å². The van der Waals surface area contributed by atoms with Crippen molar-refractivity contribution in [3.8, 4) is 5.75 Å². The molecule has 0 aromatic heterocycles. The average Bonchev–Trinajstić information content (AvgIpc) is 3.04. The van der Waals surface area contributed by atoms with Crippen LogP contribution in [-0.2, 0) is 17.8 Å². The number of nitrogens with one attached hydrogen (secondary N) is 1. The molecule has 1 N–H and O–H groups in total.